The van der Waals surface area contributed by atoms with Crippen LogP contribution in [0.15, 0.2) is 42.5 Å². The Kier molecular flexibility index (Phi) is 11.0. The normalized spacial score (nSPS) is 32.5. The number of aliphatic hydroxyl groups is 5. The lowest BCUT2D eigenvalue weighted by Gasteiger charge is -2.46. The van der Waals surface area contributed by atoms with Crippen LogP contribution in [0.25, 0.3) is 6.08 Å². The minimum Gasteiger partial charge on any atom is -0.504 e. The highest BCUT2D eigenvalue weighted by atomic mass is 16.7. The molecule has 2 aliphatic rings. The maximum Gasteiger partial charge on any atom is 0.331 e. The van der Waals surface area contributed by atoms with Gasteiger partial charge in [0.1, 0.15) is 36.6 Å². The minimum atomic E-state index is -1.77. The molecule has 0 spiro atoms. The Hall–Kier alpha value is -3.51. The van der Waals surface area contributed by atoms with Gasteiger partial charge >= 0.3 is 5.97 Å². The highest BCUT2D eigenvalue weighted by Gasteiger charge is 2.52. The lowest BCUT2D eigenvalue weighted by molar-refractivity contribution is -0.357. The van der Waals surface area contributed by atoms with Crippen molar-refractivity contribution in [2.24, 2.45) is 0 Å². The van der Waals surface area contributed by atoms with Gasteiger partial charge in [0.05, 0.1) is 19.3 Å². The van der Waals surface area contributed by atoms with E-state index < -0.39 is 79.7 Å². The van der Waals surface area contributed by atoms with E-state index in [9.17, 15) is 50.8 Å². The van der Waals surface area contributed by atoms with E-state index >= 15 is 0 Å². The van der Waals surface area contributed by atoms with Gasteiger partial charge in [-0.2, -0.15) is 0 Å². The molecular formula is C29H36O15. The Bertz CT molecular complexity index is 1300. The number of hydrogen-bond donors (Lipinski definition) is 9. The fourth-order valence-electron chi connectivity index (χ4n) is 4.76. The molecule has 44 heavy (non-hydrogen) atoms. The second-order valence-electron chi connectivity index (χ2n) is 10.4. The maximum atomic E-state index is 12.8. The molecule has 2 aliphatic heterocycles. The number of benzene rings is 2. The van der Waals surface area contributed by atoms with Gasteiger partial charge < -0.3 is 69.6 Å². The van der Waals surface area contributed by atoms with Gasteiger partial charge in [-0.05, 0) is 54.8 Å². The molecule has 0 amide bonds. The molecule has 9 N–H and O–H groups in total. The van der Waals surface area contributed by atoms with Crippen molar-refractivity contribution in [2.45, 2.75) is 74.8 Å². The molecule has 2 aromatic carbocycles. The zero-order valence-corrected chi connectivity index (χ0v) is 23.5. The fourth-order valence-corrected chi connectivity index (χ4v) is 4.76. The number of phenolic OH excluding ortho intramolecular Hbond substituents is 4. The van der Waals surface area contributed by atoms with Crippen molar-refractivity contribution < 1.29 is 74.4 Å². The lowest BCUT2D eigenvalue weighted by Crippen LogP contribution is -2.65. The Morgan fingerprint density at radius 1 is 0.818 bits per heavy atom. The third-order valence-corrected chi connectivity index (χ3v) is 7.27. The zero-order chi connectivity index (χ0) is 32.1. The van der Waals surface area contributed by atoms with Crippen molar-refractivity contribution in [1.29, 1.82) is 0 Å². The second-order valence-corrected chi connectivity index (χ2v) is 10.4. The molecule has 2 saturated heterocycles. The van der Waals surface area contributed by atoms with Crippen LogP contribution >= 0.6 is 0 Å². The third-order valence-electron chi connectivity index (χ3n) is 7.27. The fraction of sp³-hybridized carbons (Fsp3) is 0.483. The second kappa shape index (κ2) is 14.5. The summed E-state index contributed by atoms with van der Waals surface area (Å²) in [6.07, 6.45) is -12.6. The highest BCUT2D eigenvalue weighted by Crippen LogP contribution is 2.32. The first kappa shape index (κ1) is 33.4. The van der Waals surface area contributed by atoms with E-state index in [-0.39, 0.29) is 30.3 Å². The molecule has 2 aromatic rings. The number of phenols is 4. The van der Waals surface area contributed by atoms with Crippen molar-refractivity contribution in [2.75, 3.05) is 13.2 Å². The number of ether oxygens (including phenoxy) is 5. The van der Waals surface area contributed by atoms with Gasteiger partial charge in [-0.15, -0.1) is 0 Å². The molecular weight excluding hydrogens is 588 g/mol. The molecule has 2 fully saturated rings. The van der Waals surface area contributed by atoms with Gasteiger partial charge in [-0.25, -0.2) is 4.79 Å². The van der Waals surface area contributed by atoms with Gasteiger partial charge in [0.15, 0.2) is 41.7 Å². The number of rotatable bonds is 10. The van der Waals surface area contributed by atoms with Gasteiger partial charge in [-0.1, -0.05) is 12.1 Å². The predicted molar refractivity (Wildman–Crippen MR) is 147 cm³/mol. The van der Waals surface area contributed by atoms with Gasteiger partial charge in [0.2, 0.25) is 0 Å². The molecule has 15 heteroatoms. The summed E-state index contributed by atoms with van der Waals surface area (Å²) in [6, 6.07) is 7.98. The zero-order valence-electron chi connectivity index (χ0n) is 23.5. The molecule has 15 nitrogen and oxygen atoms in total. The first-order chi connectivity index (χ1) is 20.9. The van der Waals surface area contributed by atoms with Gasteiger partial charge in [0.25, 0.3) is 0 Å². The number of aliphatic hydroxyl groups excluding tert-OH is 5. The number of aromatic hydroxyl groups is 4. The van der Waals surface area contributed by atoms with Crippen LogP contribution < -0.4 is 0 Å². The first-order valence-corrected chi connectivity index (χ1v) is 13.7. The van der Waals surface area contributed by atoms with Crippen molar-refractivity contribution in [3.05, 3.63) is 53.6 Å². The average molecular weight is 625 g/mol. The summed E-state index contributed by atoms with van der Waals surface area (Å²) >= 11 is 0. The number of esters is 1. The van der Waals surface area contributed by atoms with E-state index in [1.807, 2.05) is 0 Å². The van der Waals surface area contributed by atoms with Crippen LogP contribution in [0.4, 0.5) is 0 Å². The number of carbonyl (C=O) groups excluding carboxylic acids is 1. The molecule has 4 rings (SSSR count). The van der Waals surface area contributed by atoms with Crippen LogP contribution in [-0.4, -0.2) is 127 Å². The summed E-state index contributed by atoms with van der Waals surface area (Å²) in [5.41, 5.74) is 0.914. The van der Waals surface area contributed by atoms with Crippen LogP contribution in [0.2, 0.25) is 0 Å². The summed E-state index contributed by atoms with van der Waals surface area (Å²) in [5.74, 6) is -2.40. The molecule has 0 radical (unpaired) electrons. The molecule has 0 bridgehead atoms. The largest absolute Gasteiger partial charge is 0.504 e. The van der Waals surface area contributed by atoms with Crippen LogP contribution in [0.3, 0.4) is 0 Å². The quantitative estimate of drug-likeness (QED) is 0.0873. The molecule has 0 saturated carbocycles. The summed E-state index contributed by atoms with van der Waals surface area (Å²) in [4.78, 5) is 12.8. The summed E-state index contributed by atoms with van der Waals surface area (Å²) < 4.78 is 28.2. The summed E-state index contributed by atoms with van der Waals surface area (Å²) in [5, 5.41) is 90.5. The molecule has 242 valence electrons. The monoisotopic (exact) mass is 624 g/mol. The Labute approximate surface area is 251 Å². The Balaban J connectivity index is 1.52. The lowest BCUT2D eigenvalue weighted by atomic mass is 9.97. The molecule has 2 heterocycles. The van der Waals surface area contributed by atoms with Crippen LogP contribution in [0.5, 0.6) is 23.0 Å². The topological polar surface area (TPSA) is 245 Å². The SMILES string of the molecule is C[C@@H]1O[C@@H](OC2[C@@H](O)[C@H](OCCc3ccc(O)c(O)c3)O[C@H](CO)[C@H]2OC(=O)/C=C/c2ccc(O)c(O)c2)[C@H](O)[C@H](O)[C@H]1O. The third kappa shape index (κ3) is 7.76. The van der Waals surface area contributed by atoms with E-state index in [1.54, 1.807) is 6.07 Å². The van der Waals surface area contributed by atoms with Crippen molar-refractivity contribution in [3.8, 4) is 23.0 Å². The molecule has 0 aromatic heterocycles. The summed E-state index contributed by atoms with van der Waals surface area (Å²) in [7, 11) is 0. The standard InChI is InChI=1S/C29H36O15/c1-13-22(36)23(37)24(38)29(41-13)44-27-25(39)28(40-9-8-15-3-6-17(32)19(34)11-15)42-20(12-30)26(27)43-21(35)7-4-14-2-5-16(31)18(33)10-14/h2-7,10-11,13,20,22-34,36-39H,8-9,12H2,1H3/b7-4+/t13-,20+,22-,23+,24+,25+,26+,27?,28+,29-/m0/s1. The smallest absolute Gasteiger partial charge is 0.331 e. The number of carbonyl (C=O) groups is 1. The van der Waals surface area contributed by atoms with E-state index in [1.165, 1.54) is 43.3 Å². The molecule has 1 unspecified atom stereocenters. The average Bonchev–Trinajstić information content (AvgIpc) is 2.99. The Morgan fingerprint density at radius 2 is 1.50 bits per heavy atom. The van der Waals surface area contributed by atoms with Gasteiger partial charge in [0, 0.05) is 6.08 Å². The Morgan fingerprint density at radius 3 is 2.16 bits per heavy atom. The van der Waals surface area contributed by atoms with Crippen molar-refractivity contribution in [3.63, 3.8) is 0 Å². The van der Waals surface area contributed by atoms with Crippen LogP contribution in [0, 0.1) is 0 Å². The highest BCUT2D eigenvalue weighted by molar-refractivity contribution is 5.87. The van der Waals surface area contributed by atoms with Crippen LogP contribution in [-0.2, 0) is 34.9 Å². The minimum absolute atomic E-state index is 0.0754. The molecule has 10 atom stereocenters. The molecule has 0 aliphatic carbocycles. The van der Waals surface area contributed by atoms with E-state index in [0.29, 0.717) is 11.1 Å². The van der Waals surface area contributed by atoms with Crippen molar-refractivity contribution in [1.82, 2.24) is 0 Å². The van der Waals surface area contributed by atoms with Crippen molar-refractivity contribution >= 4 is 12.0 Å². The van der Waals surface area contributed by atoms with Gasteiger partial charge in [-0.3, -0.25) is 0 Å². The number of hydrogen-bond acceptors (Lipinski definition) is 15. The van der Waals surface area contributed by atoms with E-state index in [2.05, 4.69) is 0 Å². The maximum absolute atomic E-state index is 12.8. The summed E-state index contributed by atoms with van der Waals surface area (Å²) in [6.45, 7) is 0.606. The van der Waals surface area contributed by atoms with Crippen LogP contribution in [0.1, 0.15) is 18.1 Å². The predicted octanol–water partition coefficient (Wildman–Crippen LogP) is -1.02. The first-order valence-electron chi connectivity index (χ1n) is 13.7. The van der Waals surface area contributed by atoms with E-state index in [4.69, 9.17) is 23.7 Å². The van der Waals surface area contributed by atoms with E-state index in [0.717, 1.165) is 6.08 Å².